The maximum Gasteiger partial charge on any atom is 0.181 e. The molecule has 2 aliphatic carbocycles. The number of fused-ring (bicyclic) bond motifs is 5. The van der Waals surface area contributed by atoms with Gasteiger partial charge in [-0.05, 0) is 54.9 Å². The fourth-order valence-corrected chi connectivity index (χ4v) is 6.02. The summed E-state index contributed by atoms with van der Waals surface area (Å²) in [6.07, 6.45) is 4.22. The molecule has 0 radical (unpaired) electrons. The van der Waals surface area contributed by atoms with Gasteiger partial charge in [-0.2, -0.15) is 5.10 Å². The van der Waals surface area contributed by atoms with Crippen LogP contribution in [-0.4, -0.2) is 40.5 Å². The zero-order valence-corrected chi connectivity index (χ0v) is 19.4. The van der Waals surface area contributed by atoms with E-state index in [4.69, 9.17) is 4.98 Å². The van der Waals surface area contributed by atoms with E-state index in [9.17, 15) is 13.9 Å². The minimum absolute atomic E-state index is 0.124. The van der Waals surface area contributed by atoms with Crippen LogP contribution < -0.4 is 0 Å². The van der Waals surface area contributed by atoms with E-state index in [1.54, 1.807) is 25.4 Å². The van der Waals surface area contributed by atoms with Crippen molar-refractivity contribution in [2.45, 2.75) is 51.0 Å². The normalized spacial score (nSPS) is 22.9. The second kappa shape index (κ2) is 7.42. The van der Waals surface area contributed by atoms with Crippen molar-refractivity contribution in [1.82, 2.24) is 35.3 Å². The lowest BCUT2D eigenvalue weighted by Crippen LogP contribution is -2.38. The third-order valence-electron chi connectivity index (χ3n) is 7.82. The van der Waals surface area contributed by atoms with E-state index in [0.29, 0.717) is 17.3 Å². The Bertz CT molecular complexity index is 1450. The lowest BCUT2D eigenvalue weighted by molar-refractivity contribution is 0.189. The first-order valence-corrected chi connectivity index (χ1v) is 11.5. The zero-order valence-electron chi connectivity index (χ0n) is 19.4. The lowest BCUT2D eigenvalue weighted by atomic mass is 9.66. The molecule has 178 valence electrons. The molecule has 1 aromatic carbocycles. The van der Waals surface area contributed by atoms with Crippen LogP contribution in [-0.2, 0) is 5.41 Å². The second-order valence-electron chi connectivity index (χ2n) is 9.87. The van der Waals surface area contributed by atoms with Crippen LogP contribution in [0.3, 0.4) is 0 Å². The quantitative estimate of drug-likeness (QED) is 0.454. The van der Waals surface area contributed by atoms with E-state index in [1.807, 2.05) is 0 Å². The standard InChI is InChI=1S/C25H23F2N7O/c1-12(35)22-30-23(34-33-22)18-10-28-11-19(29-18)25-8-7-14(24(25,2)3)13-9-17(31-32-21(13)25)20-15(26)5-4-6-16(20)27/h4-6,9-12,14,35H,7-8H2,1-3H3,(H,30,33,34)/t12-,14+,25+/m1/s1. The molecule has 2 bridgehead atoms. The molecule has 3 aromatic heterocycles. The summed E-state index contributed by atoms with van der Waals surface area (Å²) in [5, 5.41) is 26.7. The number of aliphatic hydroxyl groups excluding tert-OH is 1. The largest absolute Gasteiger partial charge is 0.385 e. The summed E-state index contributed by atoms with van der Waals surface area (Å²) in [4.78, 5) is 12.3. The molecule has 1 saturated carbocycles. The molecule has 35 heavy (non-hydrogen) atoms. The van der Waals surface area contributed by atoms with E-state index in [-0.39, 0.29) is 22.6 Å². The molecule has 2 N–H and O–H groups in total. The topological polar surface area (TPSA) is 113 Å². The van der Waals surface area contributed by atoms with E-state index in [1.165, 1.54) is 18.2 Å². The summed E-state index contributed by atoms with van der Waals surface area (Å²) in [5.41, 5.74) is 2.11. The SMILES string of the molecule is C[C@@H](O)c1nnc(-c2cncc([C@@]34CC[C@@H](c5cc(-c6c(F)cccc6F)nnc53)C4(C)C)n2)[nH]1. The third kappa shape index (κ3) is 2.92. The zero-order chi connectivity index (χ0) is 24.5. The van der Waals surface area contributed by atoms with E-state index >= 15 is 0 Å². The molecule has 6 rings (SSSR count). The van der Waals surface area contributed by atoms with Crippen LogP contribution in [0.4, 0.5) is 8.78 Å². The van der Waals surface area contributed by atoms with Gasteiger partial charge >= 0.3 is 0 Å². The summed E-state index contributed by atoms with van der Waals surface area (Å²) in [6.45, 7) is 5.94. The Balaban J connectivity index is 1.49. The number of rotatable bonds is 4. The Labute approximate surface area is 199 Å². The van der Waals surface area contributed by atoms with Crippen molar-refractivity contribution in [3.63, 3.8) is 0 Å². The molecular weight excluding hydrogens is 452 g/mol. The molecule has 1 fully saturated rings. The molecule has 0 unspecified atom stereocenters. The summed E-state index contributed by atoms with van der Waals surface area (Å²) in [7, 11) is 0. The number of nitrogens with one attached hydrogen (secondary N) is 1. The summed E-state index contributed by atoms with van der Waals surface area (Å²) < 4.78 is 28.9. The van der Waals surface area contributed by atoms with Gasteiger partial charge in [0.15, 0.2) is 11.6 Å². The number of aromatic amines is 1. The van der Waals surface area contributed by atoms with Gasteiger partial charge in [0.05, 0.1) is 34.3 Å². The number of hydrogen-bond acceptors (Lipinski definition) is 7. The number of aliphatic hydroxyl groups is 1. The van der Waals surface area contributed by atoms with Crippen molar-refractivity contribution < 1.29 is 13.9 Å². The Hall–Kier alpha value is -3.66. The van der Waals surface area contributed by atoms with Crippen LogP contribution in [0.5, 0.6) is 0 Å². The Morgan fingerprint density at radius 1 is 1.06 bits per heavy atom. The Kier molecular flexibility index (Phi) is 4.63. The van der Waals surface area contributed by atoms with Gasteiger partial charge in [-0.15, -0.1) is 15.3 Å². The molecule has 3 atom stereocenters. The van der Waals surface area contributed by atoms with Gasteiger partial charge in [-0.1, -0.05) is 19.9 Å². The van der Waals surface area contributed by atoms with Crippen molar-refractivity contribution in [3.8, 4) is 22.8 Å². The van der Waals surface area contributed by atoms with Crippen molar-refractivity contribution in [2.24, 2.45) is 5.41 Å². The molecule has 2 aliphatic rings. The fourth-order valence-electron chi connectivity index (χ4n) is 6.02. The molecule has 4 aromatic rings. The number of halogens is 2. The monoisotopic (exact) mass is 475 g/mol. The average molecular weight is 476 g/mol. The Morgan fingerprint density at radius 2 is 1.83 bits per heavy atom. The smallest absolute Gasteiger partial charge is 0.181 e. The van der Waals surface area contributed by atoms with Gasteiger partial charge in [-0.25, -0.2) is 13.8 Å². The van der Waals surface area contributed by atoms with Crippen molar-refractivity contribution >= 4 is 0 Å². The van der Waals surface area contributed by atoms with Gasteiger partial charge in [0, 0.05) is 6.20 Å². The van der Waals surface area contributed by atoms with Crippen LogP contribution in [0.15, 0.2) is 36.7 Å². The van der Waals surface area contributed by atoms with Gasteiger partial charge < -0.3 is 10.1 Å². The Morgan fingerprint density at radius 3 is 2.54 bits per heavy atom. The lowest BCUT2D eigenvalue weighted by Gasteiger charge is -2.37. The highest BCUT2D eigenvalue weighted by atomic mass is 19.1. The minimum atomic E-state index is -0.786. The number of H-pyrrole nitrogens is 1. The van der Waals surface area contributed by atoms with Crippen LogP contribution >= 0.6 is 0 Å². The van der Waals surface area contributed by atoms with Gasteiger partial charge in [0.25, 0.3) is 0 Å². The van der Waals surface area contributed by atoms with Gasteiger partial charge in [0.1, 0.15) is 23.4 Å². The number of nitrogens with zero attached hydrogens (tertiary/aromatic N) is 6. The van der Waals surface area contributed by atoms with E-state index in [2.05, 4.69) is 44.2 Å². The highest BCUT2D eigenvalue weighted by Crippen LogP contribution is 2.69. The number of benzene rings is 1. The number of hydrogen-bond donors (Lipinski definition) is 2. The maximum absolute atomic E-state index is 14.5. The first kappa shape index (κ1) is 21.8. The van der Waals surface area contributed by atoms with Crippen molar-refractivity contribution in [2.75, 3.05) is 0 Å². The van der Waals surface area contributed by atoms with Crippen LogP contribution in [0.25, 0.3) is 22.8 Å². The average Bonchev–Trinajstić information content (AvgIpc) is 3.48. The van der Waals surface area contributed by atoms with Gasteiger partial charge in [0.2, 0.25) is 0 Å². The molecule has 3 heterocycles. The summed E-state index contributed by atoms with van der Waals surface area (Å²) >= 11 is 0. The number of aromatic nitrogens is 7. The van der Waals surface area contributed by atoms with E-state index < -0.39 is 23.2 Å². The van der Waals surface area contributed by atoms with Crippen LogP contribution in [0.1, 0.15) is 68.4 Å². The highest BCUT2D eigenvalue weighted by Gasteiger charge is 2.65. The predicted octanol–water partition coefficient (Wildman–Crippen LogP) is 4.25. The van der Waals surface area contributed by atoms with Crippen molar-refractivity contribution in [1.29, 1.82) is 0 Å². The molecular formula is C25H23F2N7O. The molecule has 10 heteroatoms. The predicted molar refractivity (Wildman–Crippen MR) is 122 cm³/mol. The minimum Gasteiger partial charge on any atom is -0.385 e. The summed E-state index contributed by atoms with van der Waals surface area (Å²) in [6, 6.07) is 5.55. The van der Waals surface area contributed by atoms with Gasteiger partial charge in [-0.3, -0.25) is 4.98 Å². The van der Waals surface area contributed by atoms with E-state index in [0.717, 1.165) is 29.8 Å². The first-order chi connectivity index (χ1) is 16.7. The second-order valence-corrected chi connectivity index (χ2v) is 9.87. The third-order valence-corrected chi connectivity index (χ3v) is 7.82. The molecule has 0 amide bonds. The van der Waals surface area contributed by atoms with Crippen LogP contribution in [0.2, 0.25) is 0 Å². The molecule has 0 spiro atoms. The van der Waals surface area contributed by atoms with Crippen molar-refractivity contribution in [3.05, 3.63) is 71.1 Å². The maximum atomic E-state index is 14.5. The van der Waals surface area contributed by atoms with Crippen LogP contribution in [0, 0.1) is 17.0 Å². The molecule has 0 aliphatic heterocycles. The summed E-state index contributed by atoms with van der Waals surface area (Å²) in [5.74, 6) is -0.457. The first-order valence-electron chi connectivity index (χ1n) is 11.5. The molecule has 8 nitrogen and oxygen atoms in total. The fraction of sp³-hybridized carbons (Fsp3) is 0.360. The molecule has 0 saturated heterocycles. The highest BCUT2D eigenvalue weighted by molar-refractivity contribution is 5.64.